The Bertz CT molecular complexity index is 519. The molecule has 0 bridgehead atoms. The largest absolute Gasteiger partial charge is 0.494 e. The Hall–Kier alpha value is -1.22. The lowest BCUT2D eigenvalue weighted by molar-refractivity contribution is 0.419. The molecule has 0 amide bonds. The van der Waals surface area contributed by atoms with E-state index in [1.807, 2.05) is 12.1 Å². The number of halogens is 1. The van der Waals surface area contributed by atoms with E-state index >= 15 is 0 Å². The van der Waals surface area contributed by atoms with Gasteiger partial charge in [-0.05, 0) is 18.1 Å². The molecule has 0 N–H and O–H groups in total. The molecule has 0 radical (unpaired) electrons. The Balaban J connectivity index is 2.63. The highest BCUT2D eigenvalue weighted by Gasteiger charge is 2.13. The number of hydrogen-bond acceptors (Lipinski definition) is 2. The second-order valence-corrected chi connectivity index (χ2v) is 4.76. The Morgan fingerprint density at radius 2 is 2.18 bits per heavy atom. The molecule has 0 saturated heterocycles. The van der Waals surface area contributed by atoms with Crippen LogP contribution >= 0.6 is 11.6 Å². The zero-order valence-corrected chi connectivity index (χ0v) is 11.2. The quantitative estimate of drug-likeness (QED) is 0.780. The van der Waals surface area contributed by atoms with Gasteiger partial charge < -0.3 is 9.30 Å². The third kappa shape index (κ3) is 2.25. The van der Waals surface area contributed by atoms with Crippen molar-refractivity contribution in [1.29, 1.82) is 0 Å². The number of benzene rings is 1. The van der Waals surface area contributed by atoms with Crippen LogP contribution in [0.15, 0.2) is 18.2 Å². The van der Waals surface area contributed by atoms with E-state index < -0.39 is 0 Å². The number of fused-ring (bicyclic) bond motifs is 1. The van der Waals surface area contributed by atoms with Gasteiger partial charge in [-0.25, -0.2) is 4.98 Å². The first kappa shape index (κ1) is 12.2. The number of para-hydroxylation sites is 1. The molecule has 2 rings (SSSR count). The van der Waals surface area contributed by atoms with Crippen LogP contribution in [-0.4, -0.2) is 16.7 Å². The Morgan fingerprint density at radius 3 is 2.76 bits per heavy atom. The summed E-state index contributed by atoms with van der Waals surface area (Å²) in [4.78, 5) is 4.56. The molecule has 0 unspecified atom stereocenters. The molecule has 0 fully saturated rings. The maximum absolute atomic E-state index is 5.96. The fourth-order valence-electron chi connectivity index (χ4n) is 2.00. The summed E-state index contributed by atoms with van der Waals surface area (Å²) < 4.78 is 7.50. The minimum atomic E-state index is 0.421. The molecule has 3 nitrogen and oxygen atoms in total. The van der Waals surface area contributed by atoms with Gasteiger partial charge in [0.05, 0.1) is 18.5 Å². The van der Waals surface area contributed by atoms with Crippen LogP contribution in [0, 0.1) is 5.92 Å². The minimum absolute atomic E-state index is 0.421. The highest BCUT2D eigenvalue weighted by molar-refractivity contribution is 6.16. The molecule has 92 valence electrons. The molecule has 0 saturated carbocycles. The van der Waals surface area contributed by atoms with Crippen LogP contribution < -0.4 is 4.74 Å². The number of rotatable bonds is 4. The monoisotopic (exact) mass is 252 g/mol. The van der Waals surface area contributed by atoms with Crippen molar-refractivity contribution in [3.8, 4) is 5.75 Å². The van der Waals surface area contributed by atoms with Crippen LogP contribution in [0.3, 0.4) is 0 Å². The lowest BCUT2D eigenvalue weighted by Gasteiger charge is -2.10. The van der Waals surface area contributed by atoms with Crippen molar-refractivity contribution in [1.82, 2.24) is 9.55 Å². The third-order valence-electron chi connectivity index (χ3n) is 2.71. The number of aromatic nitrogens is 2. The van der Waals surface area contributed by atoms with E-state index in [1.165, 1.54) is 0 Å². The van der Waals surface area contributed by atoms with Gasteiger partial charge in [0, 0.05) is 6.54 Å². The number of imidazole rings is 1. The van der Waals surface area contributed by atoms with E-state index in [-0.39, 0.29) is 0 Å². The zero-order chi connectivity index (χ0) is 12.4. The van der Waals surface area contributed by atoms with E-state index in [0.29, 0.717) is 11.8 Å². The number of methoxy groups -OCH3 is 1. The van der Waals surface area contributed by atoms with Gasteiger partial charge in [0.25, 0.3) is 0 Å². The van der Waals surface area contributed by atoms with Gasteiger partial charge in [0.2, 0.25) is 0 Å². The molecule has 0 aliphatic carbocycles. The van der Waals surface area contributed by atoms with Crippen LogP contribution in [0.2, 0.25) is 0 Å². The summed E-state index contributed by atoms with van der Waals surface area (Å²) in [6.07, 6.45) is 0. The molecule has 0 spiro atoms. The fraction of sp³-hybridized carbons (Fsp3) is 0.462. The van der Waals surface area contributed by atoms with Gasteiger partial charge in [-0.2, -0.15) is 0 Å². The van der Waals surface area contributed by atoms with Crippen molar-refractivity contribution in [2.24, 2.45) is 5.92 Å². The first-order chi connectivity index (χ1) is 8.17. The maximum Gasteiger partial charge on any atom is 0.146 e. The lowest BCUT2D eigenvalue weighted by Crippen LogP contribution is -2.07. The van der Waals surface area contributed by atoms with E-state index in [4.69, 9.17) is 16.3 Å². The molecule has 0 aliphatic heterocycles. The van der Waals surface area contributed by atoms with Crippen LogP contribution in [0.4, 0.5) is 0 Å². The normalized spacial score (nSPS) is 11.4. The van der Waals surface area contributed by atoms with E-state index in [2.05, 4.69) is 29.5 Å². The highest BCUT2D eigenvalue weighted by Crippen LogP contribution is 2.27. The van der Waals surface area contributed by atoms with Crippen molar-refractivity contribution in [2.75, 3.05) is 7.11 Å². The summed E-state index contributed by atoms with van der Waals surface area (Å²) in [5, 5.41) is 0. The fourth-order valence-corrected chi connectivity index (χ4v) is 2.21. The summed E-state index contributed by atoms with van der Waals surface area (Å²) in [6, 6.07) is 5.97. The van der Waals surface area contributed by atoms with E-state index in [0.717, 1.165) is 29.2 Å². The topological polar surface area (TPSA) is 27.1 Å². The third-order valence-corrected chi connectivity index (χ3v) is 2.95. The Morgan fingerprint density at radius 1 is 1.41 bits per heavy atom. The van der Waals surface area contributed by atoms with E-state index in [9.17, 15) is 0 Å². The minimum Gasteiger partial charge on any atom is -0.494 e. The number of ether oxygens (including phenoxy) is 1. The van der Waals surface area contributed by atoms with Crippen LogP contribution in [0.5, 0.6) is 5.75 Å². The summed E-state index contributed by atoms with van der Waals surface area (Å²) in [5.74, 6) is 2.68. The summed E-state index contributed by atoms with van der Waals surface area (Å²) in [7, 11) is 1.66. The number of hydrogen-bond donors (Lipinski definition) is 0. The smallest absolute Gasteiger partial charge is 0.146 e. The molecular formula is C13H17ClN2O. The summed E-state index contributed by atoms with van der Waals surface area (Å²) >= 11 is 5.96. The molecule has 0 atom stereocenters. The first-order valence-corrected chi connectivity index (χ1v) is 6.29. The number of nitrogens with zero attached hydrogens (tertiary/aromatic N) is 2. The van der Waals surface area contributed by atoms with Crippen molar-refractivity contribution >= 4 is 22.6 Å². The molecule has 1 heterocycles. The summed E-state index contributed by atoms with van der Waals surface area (Å²) in [5.41, 5.74) is 1.99. The van der Waals surface area contributed by atoms with Crippen LogP contribution in [0.25, 0.3) is 11.0 Å². The molecule has 0 aliphatic rings. The Kier molecular flexibility index (Phi) is 3.57. The molecule has 1 aromatic heterocycles. The zero-order valence-electron chi connectivity index (χ0n) is 10.4. The maximum atomic E-state index is 5.96. The molecule has 17 heavy (non-hydrogen) atoms. The number of alkyl halides is 1. The molecule has 2 aromatic rings. The van der Waals surface area contributed by atoms with Gasteiger partial charge in [-0.1, -0.05) is 19.9 Å². The van der Waals surface area contributed by atoms with Crippen LogP contribution in [0.1, 0.15) is 19.7 Å². The first-order valence-electron chi connectivity index (χ1n) is 5.75. The van der Waals surface area contributed by atoms with Crippen LogP contribution in [-0.2, 0) is 12.4 Å². The second-order valence-electron chi connectivity index (χ2n) is 4.49. The van der Waals surface area contributed by atoms with Gasteiger partial charge in [-0.15, -0.1) is 11.6 Å². The van der Waals surface area contributed by atoms with Gasteiger partial charge >= 0.3 is 0 Å². The van der Waals surface area contributed by atoms with Gasteiger partial charge in [0.15, 0.2) is 0 Å². The van der Waals surface area contributed by atoms with Crippen molar-refractivity contribution in [3.05, 3.63) is 24.0 Å². The second kappa shape index (κ2) is 4.96. The van der Waals surface area contributed by atoms with E-state index in [1.54, 1.807) is 7.11 Å². The average Bonchev–Trinajstić information content (AvgIpc) is 2.66. The highest BCUT2D eigenvalue weighted by atomic mass is 35.5. The summed E-state index contributed by atoms with van der Waals surface area (Å²) in [6.45, 7) is 5.29. The average molecular weight is 253 g/mol. The Labute approximate surface area is 106 Å². The van der Waals surface area contributed by atoms with Crippen molar-refractivity contribution in [3.63, 3.8) is 0 Å². The van der Waals surface area contributed by atoms with Gasteiger partial charge in [-0.3, -0.25) is 0 Å². The standard InChI is InChI=1S/C13H17ClN2O/c1-9(2)8-16-10-5-4-6-11(17-3)13(10)15-12(16)7-14/h4-6,9H,7-8H2,1-3H3. The predicted molar refractivity (Wildman–Crippen MR) is 70.7 cm³/mol. The predicted octanol–water partition coefficient (Wildman–Crippen LogP) is 3.44. The molecule has 1 aromatic carbocycles. The molecular weight excluding hydrogens is 236 g/mol. The van der Waals surface area contributed by atoms with Crippen molar-refractivity contribution < 1.29 is 4.74 Å². The lowest BCUT2D eigenvalue weighted by atomic mass is 10.2. The van der Waals surface area contributed by atoms with Gasteiger partial charge in [0.1, 0.15) is 17.1 Å². The SMILES string of the molecule is COc1cccc2c1nc(CCl)n2CC(C)C. The molecule has 4 heteroatoms. The van der Waals surface area contributed by atoms with Crippen molar-refractivity contribution in [2.45, 2.75) is 26.3 Å².